The molecule has 0 aromatic heterocycles. The number of carbonyl (C=O) groups is 1. The van der Waals surface area contributed by atoms with Crippen LogP contribution < -0.4 is 4.74 Å². The van der Waals surface area contributed by atoms with Crippen LogP contribution in [0.25, 0.3) is 0 Å². The number of ether oxygens (including phenoxy) is 1. The lowest BCUT2D eigenvalue weighted by atomic mass is 9.52. The van der Waals surface area contributed by atoms with Crippen LogP contribution in [-0.2, 0) is 6.42 Å². The summed E-state index contributed by atoms with van der Waals surface area (Å²) in [5.41, 5.74) is 2.54. The van der Waals surface area contributed by atoms with Crippen LogP contribution >= 0.6 is 0 Å². The molecule has 0 aliphatic heterocycles. The average molecular weight is 536 g/mol. The molecule has 1 aromatic carbocycles. The molecule has 2 saturated carbocycles. The second kappa shape index (κ2) is 11.8. The molecule has 1 aromatic rings. The first-order chi connectivity index (χ1) is 18.0. The van der Waals surface area contributed by atoms with Gasteiger partial charge in [-0.15, -0.1) is 0 Å². The van der Waals surface area contributed by atoms with E-state index in [4.69, 9.17) is 9.84 Å². The highest BCUT2D eigenvalue weighted by atomic mass is 16.6. The zero-order valence-electron chi connectivity index (χ0n) is 22.7. The highest BCUT2D eigenvalue weighted by molar-refractivity contribution is 5.70. The van der Waals surface area contributed by atoms with Crippen LogP contribution in [0.15, 0.2) is 18.2 Å². The molecule has 0 saturated heterocycles. The number of hydrogen-bond donors (Lipinski definition) is 6. The predicted molar refractivity (Wildman–Crippen MR) is 141 cm³/mol. The highest BCUT2D eigenvalue weighted by Crippen LogP contribution is 2.62. The lowest BCUT2D eigenvalue weighted by molar-refractivity contribution is -0.117. The summed E-state index contributed by atoms with van der Waals surface area (Å²) in [5.74, 6) is 2.48. The number of nitrogens with zero attached hydrogens (tertiary/aromatic N) is 1. The number of hydrogen-bond acceptors (Lipinski definition) is 8. The molecule has 214 valence electrons. The monoisotopic (exact) mass is 535 g/mol. The Morgan fingerprint density at radius 2 is 1.84 bits per heavy atom. The SMILES string of the molecule is CCC[C@@H]1Cc2cc(OC(=O)N(C)C[C@H](O)[C@@H](O)[C@H](O)[C@H](O)CO)ccc2[C@H]2CC[C@]3(C)[C@@H](O)CC[C@H]3[C@H]12. The fraction of sp³-hybridized carbons (Fsp3) is 0.759. The van der Waals surface area contributed by atoms with E-state index in [-0.39, 0.29) is 18.1 Å². The lowest BCUT2D eigenvalue weighted by Crippen LogP contribution is -2.50. The quantitative estimate of drug-likeness (QED) is 0.280. The Kier molecular flexibility index (Phi) is 9.06. The Bertz CT molecular complexity index is 974. The maximum absolute atomic E-state index is 12.7. The number of carbonyl (C=O) groups excluding carboxylic acids is 1. The smallest absolute Gasteiger partial charge is 0.410 e. The normalized spacial score (nSPS) is 33.3. The molecular weight excluding hydrogens is 490 g/mol. The van der Waals surface area contributed by atoms with Crippen molar-refractivity contribution in [2.24, 2.45) is 23.2 Å². The number of aliphatic hydroxyl groups is 6. The third-order valence-corrected chi connectivity index (χ3v) is 9.79. The summed E-state index contributed by atoms with van der Waals surface area (Å²) >= 11 is 0. The van der Waals surface area contributed by atoms with E-state index in [1.807, 2.05) is 12.1 Å². The topological polar surface area (TPSA) is 151 Å². The highest BCUT2D eigenvalue weighted by Gasteiger charge is 2.56. The molecule has 3 aliphatic rings. The first-order valence-electron chi connectivity index (χ1n) is 14.1. The molecule has 2 fully saturated rings. The standard InChI is InChI=1S/C29H45NO8/c1-4-5-16-12-17-13-18(38-28(37)30(3)14-22(32)26(35)27(36)23(33)15-31)6-7-19(17)20-10-11-29(2)21(25(16)20)8-9-24(29)34/h6-7,13,16,20-27,31-36H,4-5,8-12,14-15H2,1-3H3/t16-,20-,21+,22+,23-,24+,25-,26-,27-,29+/m1/s1. The van der Waals surface area contributed by atoms with Gasteiger partial charge >= 0.3 is 6.09 Å². The number of rotatable bonds is 9. The van der Waals surface area contributed by atoms with Gasteiger partial charge in [-0.1, -0.05) is 32.8 Å². The fourth-order valence-corrected chi connectivity index (χ4v) is 7.66. The van der Waals surface area contributed by atoms with Gasteiger partial charge in [0.15, 0.2) is 0 Å². The molecule has 6 N–H and O–H groups in total. The van der Waals surface area contributed by atoms with E-state index in [2.05, 4.69) is 19.9 Å². The Morgan fingerprint density at radius 1 is 1.13 bits per heavy atom. The number of aliphatic hydroxyl groups excluding tert-OH is 6. The molecule has 0 bridgehead atoms. The Hall–Kier alpha value is -1.75. The van der Waals surface area contributed by atoms with Crippen molar-refractivity contribution in [3.63, 3.8) is 0 Å². The maximum Gasteiger partial charge on any atom is 0.415 e. The van der Waals surface area contributed by atoms with Crippen LogP contribution in [0.1, 0.15) is 69.4 Å². The molecule has 9 heteroatoms. The van der Waals surface area contributed by atoms with Crippen LogP contribution in [0.2, 0.25) is 0 Å². The van der Waals surface area contributed by atoms with Gasteiger partial charge in [-0.05, 0) is 84.5 Å². The van der Waals surface area contributed by atoms with Crippen LogP contribution in [0.4, 0.5) is 4.79 Å². The van der Waals surface area contributed by atoms with E-state index in [1.54, 1.807) is 0 Å². The van der Waals surface area contributed by atoms with Crippen LogP contribution in [0, 0.1) is 23.2 Å². The van der Waals surface area contributed by atoms with E-state index in [0.29, 0.717) is 29.4 Å². The van der Waals surface area contributed by atoms with Crippen molar-refractivity contribution in [3.05, 3.63) is 29.3 Å². The zero-order chi connectivity index (χ0) is 27.8. The number of likely N-dealkylation sites (N-methyl/N-ethyl adjacent to an activating group) is 1. The van der Waals surface area contributed by atoms with E-state index in [1.165, 1.54) is 18.2 Å². The van der Waals surface area contributed by atoms with Gasteiger partial charge in [-0.2, -0.15) is 0 Å². The minimum Gasteiger partial charge on any atom is -0.410 e. The molecule has 1 amide bonds. The van der Waals surface area contributed by atoms with E-state index >= 15 is 0 Å². The average Bonchev–Trinajstić information content (AvgIpc) is 3.21. The van der Waals surface area contributed by atoms with E-state index < -0.39 is 37.1 Å². The molecule has 10 atom stereocenters. The van der Waals surface area contributed by atoms with Crippen molar-refractivity contribution in [1.82, 2.24) is 4.90 Å². The summed E-state index contributed by atoms with van der Waals surface area (Å²) in [4.78, 5) is 13.8. The van der Waals surface area contributed by atoms with Crippen molar-refractivity contribution in [3.8, 4) is 5.75 Å². The fourth-order valence-electron chi connectivity index (χ4n) is 7.66. The van der Waals surface area contributed by atoms with Gasteiger partial charge < -0.3 is 40.3 Å². The van der Waals surface area contributed by atoms with Crippen LogP contribution in [-0.4, -0.2) is 92.4 Å². The summed E-state index contributed by atoms with van der Waals surface area (Å²) in [6.45, 7) is 3.39. The second-order valence-electron chi connectivity index (χ2n) is 12.1. The number of benzene rings is 1. The van der Waals surface area contributed by atoms with Crippen molar-refractivity contribution in [1.29, 1.82) is 0 Å². The van der Waals surface area contributed by atoms with Gasteiger partial charge in [0.2, 0.25) is 0 Å². The minimum absolute atomic E-state index is 0.00901. The Balaban J connectivity index is 1.45. The van der Waals surface area contributed by atoms with Crippen molar-refractivity contribution < 1.29 is 40.2 Å². The summed E-state index contributed by atoms with van der Waals surface area (Å²) in [7, 11) is 1.41. The van der Waals surface area contributed by atoms with Gasteiger partial charge in [-0.3, -0.25) is 0 Å². The Morgan fingerprint density at radius 3 is 2.53 bits per heavy atom. The van der Waals surface area contributed by atoms with Gasteiger partial charge in [0.05, 0.1) is 19.3 Å². The number of fused-ring (bicyclic) bond motifs is 5. The van der Waals surface area contributed by atoms with Crippen molar-refractivity contribution >= 4 is 6.09 Å². The van der Waals surface area contributed by atoms with Gasteiger partial charge in [0.1, 0.15) is 30.2 Å². The predicted octanol–water partition coefficient (Wildman–Crippen LogP) is 1.80. The molecule has 0 unspecified atom stereocenters. The summed E-state index contributed by atoms with van der Waals surface area (Å²) in [6, 6.07) is 5.84. The molecule has 9 nitrogen and oxygen atoms in total. The minimum atomic E-state index is -1.76. The third kappa shape index (κ3) is 5.46. The molecule has 0 heterocycles. The van der Waals surface area contributed by atoms with Crippen LogP contribution in [0.5, 0.6) is 5.75 Å². The molecular formula is C29H45NO8. The largest absolute Gasteiger partial charge is 0.415 e. The molecule has 4 rings (SSSR count). The summed E-state index contributed by atoms with van der Waals surface area (Å²) in [6.07, 6.45) is -0.381. The molecule has 38 heavy (non-hydrogen) atoms. The van der Waals surface area contributed by atoms with Gasteiger partial charge in [0, 0.05) is 7.05 Å². The zero-order valence-corrected chi connectivity index (χ0v) is 22.7. The number of amides is 1. The van der Waals surface area contributed by atoms with Crippen LogP contribution in [0.3, 0.4) is 0 Å². The first kappa shape index (κ1) is 29.2. The maximum atomic E-state index is 12.7. The summed E-state index contributed by atoms with van der Waals surface area (Å²) < 4.78 is 5.59. The lowest BCUT2D eigenvalue weighted by Gasteiger charge is -2.53. The van der Waals surface area contributed by atoms with Crippen molar-refractivity contribution in [2.45, 2.75) is 95.2 Å². The second-order valence-corrected chi connectivity index (χ2v) is 12.1. The molecule has 3 aliphatic carbocycles. The van der Waals surface area contributed by atoms with E-state index in [0.717, 1.165) is 49.8 Å². The third-order valence-electron chi connectivity index (χ3n) is 9.79. The Labute approximate surface area is 225 Å². The van der Waals surface area contributed by atoms with Gasteiger partial charge in [0.25, 0.3) is 0 Å². The van der Waals surface area contributed by atoms with Gasteiger partial charge in [-0.25, -0.2) is 4.79 Å². The summed E-state index contributed by atoms with van der Waals surface area (Å²) in [5, 5.41) is 59.2. The molecule has 0 radical (unpaired) electrons. The van der Waals surface area contributed by atoms with Crippen molar-refractivity contribution in [2.75, 3.05) is 20.2 Å². The van der Waals surface area contributed by atoms with E-state index in [9.17, 15) is 30.3 Å². The first-order valence-corrected chi connectivity index (χ1v) is 14.1. The molecule has 0 spiro atoms.